The summed E-state index contributed by atoms with van der Waals surface area (Å²) in [5.74, 6) is 0.973. The molecule has 0 aliphatic carbocycles. The Balaban J connectivity index is 4.51. The summed E-state index contributed by atoms with van der Waals surface area (Å²) in [7, 11) is 0. The van der Waals surface area contributed by atoms with Gasteiger partial charge in [-0.2, -0.15) is 0 Å². The van der Waals surface area contributed by atoms with Gasteiger partial charge in [-0.25, -0.2) is 0 Å². The Morgan fingerprint density at radius 2 is 1.35 bits per heavy atom. The van der Waals surface area contributed by atoms with Gasteiger partial charge in [0.25, 0.3) is 0 Å². The van der Waals surface area contributed by atoms with Crippen molar-refractivity contribution in [3.05, 3.63) is 0 Å². The van der Waals surface area contributed by atoms with E-state index in [1.54, 1.807) is 11.4 Å². The highest BCUT2D eigenvalue weighted by molar-refractivity contribution is 8.68. The average Bonchev–Trinajstić information content (AvgIpc) is 2.09. The second-order valence-electron chi connectivity index (χ2n) is 6.03. The van der Waals surface area contributed by atoms with Gasteiger partial charge >= 0.3 is 0 Å². The van der Waals surface area contributed by atoms with Crippen molar-refractivity contribution >= 4 is 28.9 Å². The SMILES string of the molecule is CC(C)COP(=S)(OCC(C)C)SC(C)(C)C. The van der Waals surface area contributed by atoms with Crippen molar-refractivity contribution in [3.8, 4) is 0 Å². The topological polar surface area (TPSA) is 18.5 Å². The van der Waals surface area contributed by atoms with E-state index in [0.717, 1.165) is 0 Å². The van der Waals surface area contributed by atoms with E-state index in [1.165, 1.54) is 0 Å². The minimum Gasteiger partial charge on any atom is -0.321 e. The van der Waals surface area contributed by atoms with E-state index in [-0.39, 0.29) is 4.75 Å². The van der Waals surface area contributed by atoms with Crippen LogP contribution in [0.1, 0.15) is 48.5 Å². The molecule has 0 saturated carbocycles. The van der Waals surface area contributed by atoms with Crippen LogP contribution < -0.4 is 0 Å². The monoisotopic (exact) mass is 298 g/mol. The van der Waals surface area contributed by atoms with E-state index in [2.05, 4.69) is 48.5 Å². The lowest BCUT2D eigenvalue weighted by atomic mass is 10.2. The molecule has 0 unspecified atom stereocenters. The highest BCUT2D eigenvalue weighted by atomic mass is 32.9. The predicted octanol–water partition coefficient (Wildman–Crippen LogP) is 5.09. The highest BCUT2D eigenvalue weighted by Crippen LogP contribution is 2.65. The maximum atomic E-state index is 5.88. The molecule has 0 amide bonds. The van der Waals surface area contributed by atoms with E-state index < -0.39 is 5.69 Å². The molecule has 0 aromatic rings. The maximum absolute atomic E-state index is 5.88. The molecule has 0 spiro atoms. The standard InChI is InChI=1S/C12H27O2PS2/c1-10(2)8-13-15(16,14-9-11(3)4)17-12(5,6)7/h10-11H,8-9H2,1-7H3. The van der Waals surface area contributed by atoms with Crippen LogP contribution in [0.25, 0.3) is 0 Å². The van der Waals surface area contributed by atoms with Crippen LogP contribution in [0.3, 0.4) is 0 Å². The van der Waals surface area contributed by atoms with E-state index in [4.69, 9.17) is 20.9 Å². The molecule has 104 valence electrons. The molecule has 0 N–H and O–H groups in total. The first-order chi connectivity index (χ1) is 7.54. The minimum atomic E-state index is -2.20. The molecule has 0 bridgehead atoms. The van der Waals surface area contributed by atoms with Crippen LogP contribution in [-0.4, -0.2) is 18.0 Å². The molecule has 0 aromatic heterocycles. The molecule has 0 heterocycles. The predicted molar refractivity (Wildman–Crippen MR) is 83.2 cm³/mol. The minimum absolute atomic E-state index is 0.0729. The van der Waals surface area contributed by atoms with Crippen LogP contribution in [0.5, 0.6) is 0 Å². The van der Waals surface area contributed by atoms with Crippen molar-refractivity contribution in [2.45, 2.75) is 53.2 Å². The van der Waals surface area contributed by atoms with Crippen LogP contribution in [0, 0.1) is 11.8 Å². The largest absolute Gasteiger partial charge is 0.321 e. The highest BCUT2D eigenvalue weighted by Gasteiger charge is 2.28. The summed E-state index contributed by atoms with van der Waals surface area (Å²) in [4.78, 5) is 0. The van der Waals surface area contributed by atoms with Crippen molar-refractivity contribution in [3.63, 3.8) is 0 Å². The van der Waals surface area contributed by atoms with E-state index in [1.807, 2.05) is 0 Å². The molecule has 0 rings (SSSR count). The molecule has 2 nitrogen and oxygen atoms in total. The zero-order valence-electron chi connectivity index (χ0n) is 12.1. The fourth-order valence-corrected chi connectivity index (χ4v) is 7.79. The summed E-state index contributed by atoms with van der Waals surface area (Å²) in [6.07, 6.45) is 0. The summed E-state index contributed by atoms with van der Waals surface area (Å²) in [6.45, 7) is 16.3. The number of hydrogen-bond acceptors (Lipinski definition) is 4. The van der Waals surface area contributed by atoms with Gasteiger partial charge in [0.1, 0.15) is 0 Å². The van der Waals surface area contributed by atoms with Crippen molar-refractivity contribution < 1.29 is 9.05 Å². The van der Waals surface area contributed by atoms with Gasteiger partial charge in [-0.05, 0) is 23.6 Å². The summed E-state index contributed by atoms with van der Waals surface area (Å²) < 4.78 is 11.8. The fourth-order valence-electron chi connectivity index (χ4n) is 0.906. The normalized spacial score (nSPS) is 13.7. The molecule has 0 saturated heterocycles. The Morgan fingerprint density at radius 1 is 1.00 bits per heavy atom. The molecule has 5 heteroatoms. The first-order valence-electron chi connectivity index (χ1n) is 6.14. The lowest BCUT2D eigenvalue weighted by Crippen LogP contribution is -2.11. The van der Waals surface area contributed by atoms with Crippen molar-refractivity contribution in [1.82, 2.24) is 0 Å². The molecule has 0 aliphatic rings. The Hall–Kier alpha value is 0.920. The Morgan fingerprint density at radius 3 is 1.59 bits per heavy atom. The summed E-state index contributed by atoms with van der Waals surface area (Å²) in [5, 5.41) is 0. The second kappa shape index (κ2) is 7.49. The van der Waals surface area contributed by atoms with Gasteiger partial charge in [-0.3, -0.25) is 0 Å². The van der Waals surface area contributed by atoms with E-state index in [9.17, 15) is 0 Å². The third kappa shape index (κ3) is 10.5. The fraction of sp³-hybridized carbons (Fsp3) is 1.00. The first-order valence-corrected chi connectivity index (χ1v) is 10.2. The van der Waals surface area contributed by atoms with Gasteiger partial charge < -0.3 is 9.05 Å². The lowest BCUT2D eigenvalue weighted by Gasteiger charge is -2.29. The quantitative estimate of drug-likeness (QED) is 0.609. The Kier molecular flexibility index (Phi) is 7.90. The molecule has 0 fully saturated rings. The maximum Gasteiger partial charge on any atom is 0.247 e. The third-order valence-corrected chi connectivity index (χ3v) is 7.47. The Labute approximate surface area is 116 Å². The summed E-state index contributed by atoms with van der Waals surface area (Å²) in [6, 6.07) is 0. The van der Waals surface area contributed by atoms with Gasteiger partial charge in [-0.15, -0.1) is 0 Å². The van der Waals surface area contributed by atoms with Gasteiger partial charge in [-0.1, -0.05) is 59.8 Å². The van der Waals surface area contributed by atoms with Crippen molar-refractivity contribution in [2.24, 2.45) is 11.8 Å². The van der Waals surface area contributed by atoms with Crippen molar-refractivity contribution in [2.75, 3.05) is 13.2 Å². The van der Waals surface area contributed by atoms with Gasteiger partial charge in [0.2, 0.25) is 5.69 Å². The van der Waals surface area contributed by atoms with Gasteiger partial charge in [0, 0.05) is 4.75 Å². The summed E-state index contributed by atoms with van der Waals surface area (Å²) in [5.41, 5.74) is -2.20. The molecule has 17 heavy (non-hydrogen) atoms. The number of rotatable bonds is 7. The van der Waals surface area contributed by atoms with Crippen LogP contribution in [0.15, 0.2) is 0 Å². The van der Waals surface area contributed by atoms with E-state index in [0.29, 0.717) is 25.0 Å². The smallest absolute Gasteiger partial charge is 0.247 e. The Bertz CT molecular complexity index is 244. The molecular weight excluding hydrogens is 271 g/mol. The van der Waals surface area contributed by atoms with Gasteiger partial charge in [0.05, 0.1) is 13.2 Å². The lowest BCUT2D eigenvalue weighted by molar-refractivity contribution is 0.218. The van der Waals surface area contributed by atoms with Crippen LogP contribution in [-0.2, 0) is 20.9 Å². The van der Waals surface area contributed by atoms with E-state index >= 15 is 0 Å². The van der Waals surface area contributed by atoms with Crippen molar-refractivity contribution in [1.29, 1.82) is 0 Å². The molecule has 0 aliphatic heterocycles. The van der Waals surface area contributed by atoms with Crippen LogP contribution >= 0.6 is 17.1 Å². The first kappa shape index (κ1) is 17.9. The zero-order valence-corrected chi connectivity index (χ0v) is 14.7. The third-order valence-electron chi connectivity index (χ3n) is 1.52. The zero-order chi connectivity index (χ0) is 13.7. The molecular formula is C12H27O2PS2. The molecule has 0 atom stereocenters. The molecule has 0 aromatic carbocycles. The van der Waals surface area contributed by atoms with Gasteiger partial charge in [0.15, 0.2) is 0 Å². The van der Waals surface area contributed by atoms with Crippen LogP contribution in [0.2, 0.25) is 0 Å². The average molecular weight is 298 g/mol. The number of hydrogen-bond donors (Lipinski definition) is 0. The molecule has 0 radical (unpaired) electrons. The second-order valence-corrected chi connectivity index (χ2v) is 13.0. The van der Waals surface area contributed by atoms with Crippen LogP contribution in [0.4, 0.5) is 0 Å². The summed E-state index contributed by atoms with van der Waals surface area (Å²) >= 11 is 7.29.